The van der Waals surface area contributed by atoms with Crippen LogP contribution in [0.3, 0.4) is 0 Å². The molecule has 2 aliphatic heterocycles. The Hall–Kier alpha value is -2.41. The number of hydrogen-bond donors (Lipinski definition) is 1. The van der Waals surface area contributed by atoms with E-state index in [0.717, 1.165) is 42.3 Å². The largest absolute Gasteiger partial charge is 0.383 e. The fourth-order valence-electron chi connectivity index (χ4n) is 4.66. The molecule has 2 amide bonds. The second-order valence-corrected chi connectivity index (χ2v) is 8.26. The molecule has 2 aromatic rings. The van der Waals surface area contributed by atoms with Crippen molar-refractivity contribution in [2.75, 3.05) is 39.9 Å². The lowest BCUT2D eigenvalue weighted by molar-refractivity contribution is -0.139. The lowest BCUT2D eigenvalue weighted by Gasteiger charge is -2.48. The van der Waals surface area contributed by atoms with Crippen molar-refractivity contribution in [2.45, 2.75) is 32.6 Å². The molecule has 28 heavy (non-hydrogen) atoms. The van der Waals surface area contributed by atoms with Gasteiger partial charge in [-0.25, -0.2) is 0 Å². The number of hydrogen-bond acceptors (Lipinski definition) is 4. The summed E-state index contributed by atoms with van der Waals surface area (Å²) in [5.74, 6) is 0.177. The summed E-state index contributed by atoms with van der Waals surface area (Å²) in [5, 5.41) is 8.17. The van der Waals surface area contributed by atoms with E-state index in [2.05, 4.69) is 10.2 Å². The van der Waals surface area contributed by atoms with Crippen molar-refractivity contribution in [2.24, 2.45) is 5.41 Å². The number of aromatic amines is 1. The number of rotatable bonds is 4. The van der Waals surface area contributed by atoms with Crippen molar-refractivity contribution in [3.8, 4) is 0 Å². The second-order valence-electron chi connectivity index (χ2n) is 8.26. The Balaban J connectivity index is 1.53. The van der Waals surface area contributed by atoms with Crippen molar-refractivity contribution in [1.82, 2.24) is 20.0 Å². The average Bonchev–Trinajstić information content (AvgIpc) is 3.11. The fraction of sp³-hybridized carbons (Fsp3) is 0.571. The zero-order chi connectivity index (χ0) is 19.7. The second kappa shape index (κ2) is 7.54. The van der Waals surface area contributed by atoms with E-state index >= 15 is 0 Å². The standard InChI is InChI=1S/C21H28N4O3/c1-15-4-5-17-16(12-15)19(23-22-17)20(27)25-9-3-7-21(14-25)8-6-18(26)24(13-21)10-11-28-2/h4-5,12H,3,6-11,13-14H2,1-2H3,(H,22,23). The molecule has 4 rings (SSSR count). The molecule has 150 valence electrons. The summed E-state index contributed by atoms with van der Waals surface area (Å²) in [7, 11) is 1.65. The molecular weight excluding hydrogens is 356 g/mol. The van der Waals surface area contributed by atoms with Crippen molar-refractivity contribution >= 4 is 22.7 Å². The Morgan fingerprint density at radius 3 is 3.00 bits per heavy atom. The van der Waals surface area contributed by atoms with Gasteiger partial charge in [0.1, 0.15) is 0 Å². The van der Waals surface area contributed by atoms with Gasteiger partial charge >= 0.3 is 0 Å². The molecule has 0 aliphatic carbocycles. The van der Waals surface area contributed by atoms with E-state index in [0.29, 0.717) is 38.4 Å². The Labute approximate surface area is 165 Å². The van der Waals surface area contributed by atoms with Crippen LogP contribution in [0.5, 0.6) is 0 Å². The fourth-order valence-corrected chi connectivity index (χ4v) is 4.66. The van der Waals surface area contributed by atoms with Crippen LogP contribution in [0.1, 0.15) is 41.7 Å². The predicted octanol–water partition coefficient (Wildman–Crippen LogP) is 2.36. The van der Waals surface area contributed by atoms with Gasteiger partial charge in [-0.15, -0.1) is 0 Å². The van der Waals surface area contributed by atoms with Gasteiger partial charge in [-0.2, -0.15) is 5.10 Å². The van der Waals surface area contributed by atoms with Crippen LogP contribution in [0.2, 0.25) is 0 Å². The number of ether oxygens (including phenoxy) is 1. The Morgan fingerprint density at radius 1 is 1.32 bits per heavy atom. The molecule has 0 bridgehead atoms. The smallest absolute Gasteiger partial charge is 0.275 e. The molecule has 2 saturated heterocycles. The number of aryl methyl sites for hydroxylation is 1. The summed E-state index contributed by atoms with van der Waals surface area (Å²) < 4.78 is 5.16. The third kappa shape index (κ3) is 3.51. The number of likely N-dealkylation sites (tertiary alicyclic amines) is 2. The quantitative estimate of drug-likeness (QED) is 0.878. The van der Waals surface area contributed by atoms with Gasteiger partial charge < -0.3 is 14.5 Å². The van der Waals surface area contributed by atoms with Crippen LogP contribution in [0.4, 0.5) is 0 Å². The summed E-state index contributed by atoms with van der Waals surface area (Å²) in [6.45, 7) is 5.32. The molecule has 2 aliphatic rings. The average molecular weight is 384 g/mol. The summed E-state index contributed by atoms with van der Waals surface area (Å²) in [6.07, 6.45) is 3.41. The lowest BCUT2D eigenvalue weighted by atomic mass is 9.73. The first kappa shape index (κ1) is 18.9. The van der Waals surface area contributed by atoms with E-state index in [1.165, 1.54) is 0 Å². The van der Waals surface area contributed by atoms with E-state index in [4.69, 9.17) is 4.74 Å². The SMILES string of the molecule is COCCN1CC2(CCCN(C(=O)c3n[nH]c4ccc(C)cc34)C2)CCC1=O. The highest BCUT2D eigenvalue weighted by atomic mass is 16.5. The summed E-state index contributed by atoms with van der Waals surface area (Å²) in [6, 6.07) is 5.99. The monoisotopic (exact) mass is 384 g/mol. The number of nitrogens with one attached hydrogen (secondary N) is 1. The van der Waals surface area contributed by atoms with Crippen molar-refractivity contribution in [1.29, 1.82) is 0 Å². The third-order valence-electron chi connectivity index (χ3n) is 6.18. The van der Waals surface area contributed by atoms with Crippen LogP contribution in [0.25, 0.3) is 10.9 Å². The molecule has 1 N–H and O–H groups in total. The first-order valence-corrected chi connectivity index (χ1v) is 10.0. The zero-order valence-corrected chi connectivity index (χ0v) is 16.7. The van der Waals surface area contributed by atoms with Crippen LogP contribution in [0.15, 0.2) is 18.2 Å². The molecule has 1 aromatic carbocycles. The van der Waals surface area contributed by atoms with E-state index in [9.17, 15) is 9.59 Å². The topological polar surface area (TPSA) is 78.5 Å². The molecule has 1 aromatic heterocycles. The van der Waals surface area contributed by atoms with Crippen molar-refractivity contribution in [3.05, 3.63) is 29.5 Å². The van der Waals surface area contributed by atoms with Crippen LogP contribution in [-0.4, -0.2) is 71.7 Å². The minimum Gasteiger partial charge on any atom is -0.383 e. The third-order valence-corrected chi connectivity index (χ3v) is 6.18. The molecule has 7 nitrogen and oxygen atoms in total. The van der Waals surface area contributed by atoms with Gasteiger partial charge in [-0.3, -0.25) is 14.7 Å². The molecular formula is C21H28N4O3. The lowest BCUT2D eigenvalue weighted by Crippen LogP contribution is -2.55. The van der Waals surface area contributed by atoms with Gasteiger partial charge in [0, 0.05) is 50.5 Å². The number of nitrogens with zero attached hydrogens (tertiary/aromatic N) is 3. The maximum atomic E-state index is 13.3. The Morgan fingerprint density at radius 2 is 2.18 bits per heavy atom. The normalized spacial score (nSPS) is 23.0. The molecule has 1 unspecified atom stereocenters. The number of aromatic nitrogens is 2. The minimum absolute atomic E-state index is 0.0163. The van der Waals surface area contributed by atoms with E-state index in [-0.39, 0.29) is 17.2 Å². The van der Waals surface area contributed by atoms with Gasteiger partial charge in [-0.1, -0.05) is 11.6 Å². The number of carbonyl (C=O) groups is 2. The van der Waals surface area contributed by atoms with Gasteiger partial charge in [0.25, 0.3) is 5.91 Å². The highest BCUT2D eigenvalue weighted by Crippen LogP contribution is 2.39. The Bertz CT molecular complexity index is 893. The number of carbonyl (C=O) groups excluding carboxylic acids is 2. The van der Waals surface area contributed by atoms with Gasteiger partial charge in [0.05, 0.1) is 12.1 Å². The summed E-state index contributed by atoms with van der Waals surface area (Å²) >= 11 is 0. The molecule has 0 saturated carbocycles. The summed E-state index contributed by atoms with van der Waals surface area (Å²) in [4.78, 5) is 29.4. The number of piperidine rings is 2. The van der Waals surface area contributed by atoms with E-state index in [1.807, 2.05) is 34.9 Å². The minimum atomic E-state index is -0.0173. The van der Waals surface area contributed by atoms with Crippen LogP contribution >= 0.6 is 0 Å². The molecule has 1 spiro atoms. The molecule has 7 heteroatoms. The maximum absolute atomic E-state index is 13.3. The number of amides is 2. The predicted molar refractivity (Wildman–Crippen MR) is 106 cm³/mol. The van der Waals surface area contributed by atoms with Crippen LogP contribution in [0, 0.1) is 12.3 Å². The van der Waals surface area contributed by atoms with E-state index in [1.54, 1.807) is 7.11 Å². The zero-order valence-electron chi connectivity index (χ0n) is 16.7. The van der Waals surface area contributed by atoms with Crippen molar-refractivity contribution in [3.63, 3.8) is 0 Å². The van der Waals surface area contributed by atoms with Crippen LogP contribution < -0.4 is 0 Å². The first-order valence-electron chi connectivity index (χ1n) is 10.0. The number of methoxy groups -OCH3 is 1. The molecule has 2 fully saturated rings. The van der Waals surface area contributed by atoms with E-state index < -0.39 is 0 Å². The number of fused-ring (bicyclic) bond motifs is 1. The highest BCUT2D eigenvalue weighted by Gasteiger charge is 2.43. The Kier molecular flexibility index (Phi) is 5.10. The number of H-pyrrole nitrogens is 1. The highest BCUT2D eigenvalue weighted by molar-refractivity contribution is 6.04. The molecule has 3 heterocycles. The summed E-state index contributed by atoms with van der Waals surface area (Å²) in [5.41, 5.74) is 2.48. The maximum Gasteiger partial charge on any atom is 0.275 e. The molecule has 1 atom stereocenters. The van der Waals surface area contributed by atoms with Gasteiger partial charge in [0.15, 0.2) is 5.69 Å². The van der Waals surface area contributed by atoms with Crippen LogP contribution in [-0.2, 0) is 9.53 Å². The first-order chi connectivity index (χ1) is 13.5. The van der Waals surface area contributed by atoms with Gasteiger partial charge in [0.2, 0.25) is 5.91 Å². The van der Waals surface area contributed by atoms with Gasteiger partial charge in [-0.05, 0) is 38.3 Å². The van der Waals surface area contributed by atoms with Crippen molar-refractivity contribution < 1.29 is 14.3 Å². The number of benzene rings is 1. The molecule has 0 radical (unpaired) electrons.